The minimum absolute atomic E-state index is 0.0323. The average molecular weight is 283 g/mol. The van der Waals surface area contributed by atoms with Crippen molar-refractivity contribution in [1.82, 2.24) is 10.3 Å². The number of benzene rings is 1. The summed E-state index contributed by atoms with van der Waals surface area (Å²) in [7, 11) is 0. The highest BCUT2D eigenvalue weighted by Gasteiger charge is 2.34. The second-order valence-electron chi connectivity index (χ2n) is 5.89. The highest BCUT2D eigenvalue weighted by atomic mass is 16.2. The van der Waals surface area contributed by atoms with E-state index in [1.165, 1.54) is 6.42 Å². The van der Waals surface area contributed by atoms with Crippen molar-refractivity contribution in [3.8, 4) is 0 Å². The van der Waals surface area contributed by atoms with Gasteiger partial charge in [-0.3, -0.25) is 9.78 Å². The summed E-state index contributed by atoms with van der Waals surface area (Å²) in [5, 5.41) is 4.08. The topological polar surface area (TPSA) is 68.0 Å². The van der Waals surface area contributed by atoms with Crippen molar-refractivity contribution in [2.45, 2.75) is 44.2 Å². The van der Waals surface area contributed by atoms with Gasteiger partial charge in [-0.15, -0.1) is 0 Å². The second-order valence-corrected chi connectivity index (χ2v) is 5.89. The van der Waals surface area contributed by atoms with Gasteiger partial charge in [0.2, 0.25) is 5.91 Å². The van der Waals surface area contributed by atoms with E-state index in [2.05, 4.69) is 10.3 Å². The molecule has 2 aromatic rings. The fraction of sp³-hybridized carbons (Fsp3) is 0.412. The minimum Gasteiger partial charge on any atom is -0.350 e. The molecule has 0 atom stereocenters. The number of fused-ring (bicyclic) bond motifs is 1. The van der Waals surface area contributed by atoms with Crippen molar-refractivity contribution in [3.63, 3.8) is 0 Å². The van der Waals surface area contributed by atoms with Gasteiger partial charge >= 0.3 is 0 Å². The number of hydrogen-bond acceptors (Lipinski definition) is 3. The van der Waals surface area contributed by atoms with Crippen molar-refractivity contribution in [2.24, 2.45) is 5.73 Å². The Morgan fingerprint density at radius 1 is 1.19 bits per heavy atom. The Hall–Kier alpha value is -1.94. The van der Waals surface area contributed by atoms with Crippen LogP contribution in [0.2, 0.25) is 0 Å². The molecule has 0 radical (unpaired) electrons. The van der Waals surface area contributed by atoms with Crippen LogP contribution in [0.1, 0.15) is 37.7 Å². The lowest BCUT2D eigenvalue weighted by atomic mass is 9.82. The van der Waals surface area contributed by atoms with Crippen LogP contribution in [0.15, 0.2) is 36.5 Å². The summed E-state index contributed by atoms with van der Waals surface area (Å²) in [6, 6.07) is 9.96. The maximum atomic E-state index is 12.4. The van der Waals surface area contributed by atoms with Gasteiger partial charge in [-0.2, -0.15) is 0 Å². The van der Waals surface area contributed by atoms with Gasteiger partial charge in [-0.05, 0) is 24.5 Å². The third-order valence-electron chi connectivity index (χ3n) is 4.35. The molecule has 0 bridgehead atoms. The van der Waals surface area contributed by atoms with E-state index in [0.29, 0.717) is 6.54 Å². The Balaban J connectivity index is 1.73. The Morgan fingerprint density at radius 3 is 2.76 bits per heavy atom. The van der Waals surface area contributed by atoms with Crippen molar-refractivity contribution in [2.75, 3.05) is 0 Å². The molecule has 0 unspecified atom stereocenters. The quantitative estimate of drug-likeness (QED) is 0.909. The molecule has 4 heteroatoms. The molecule has 3 N–H and O–H groups in total. The predicted octanol–water partition coefficient (Wildman–Crippen LogP) is 2.51. The number of para-hydroxylation sites is 1. The zero-order valence-electron chi connectivity index (χ0n) is 12.1. The van der Waals surface area contributed by atoms with Crippen LogP contribution in [0.25, 0.3) is 10.9 Å². The van der Waals surface area contributed by atoms with Gasteiger partial charge < -0.3 is 11.1 Å². The van der Waals surface area contributed by atoms with Crippen LogP contribution in [0.3, 0.4) is 0 Å². The normalized spacial score (nSPS) is 17.6. The van der Waals surface area contributed by atoms with Gasteiger partial charge in [-0.1, -0.05) is 43.5 Å². The monoisotopic (exact) mass is 283 g/mol. The average Bonchev–Trinajstić information content (AvgIpc) is 2.53. The molecule has 4 nitrogen and oxygen atoms in total. The highest BCUT2D eigenvalue weighted by molar-refractivity contribution is 5.87. The number of nitrogens with zero attached hydrogens (tertiary/aromatic N) is 1. The van der Waals surface area contributed by atoms with Crippen molar-refractivity contribution in [1.29, 1.82) is 0 Å². The maximum Gasteiger partial charge on any atom is 0.240 e. The van der Waals surface area contributed by atoms with E-state index in [1.807, 2.05) is 30.3 Å². The Bertz CT molecular complexity index is 642. The molecule has 0 spiro atoms. The molecule has 21 heavy (non-hydrogen) atoms. The molecule has 1 aliphatic rings. The number of nitrogens with two attached hydrogens (primary N) is 1. The van der Waals surface area contributed by atoms with Crippen molar-refractivity contribution < 1.29 is 4.79 Å². The maximum absolute atomic E-state index is 12.4. The number of carbonyl (C=O) groups excluding carboxylic acids is 1. The van der Waals surface area contributed by atoms with Crippen LogP contribution in [0, 0.1) is 0 Å². The summed E-state index contributed by atoms with van der Waals surface area (Å²) in [6.07, 6.45) is 6.61. The molecule has 1 aliphatic carbocycles. The fourth-order valence-electron chi connectivity index (χ4n) is 3.07. The van der Waals surface area contributed by atoms with Gasteiger partial charge in [0.1, 0.15) is 0 Å². The molecular formula is C17H21N3O. The summed E-state index contributed by atoms with van der Waals surface area (Å²) in [5.74, 6) is -0.0323. The van der Waals surface area contributed by atoms with Gasteiger partial charge in [0.15, 0.2) is 0 Å². The van der Waals surface area contributed by atoms with Gasteiger partial charge in [-0.25, -0.2) is 0 Å². The molecule has 110 valence electrons. The van der Waals surface area contributed by atoms with Crippen LogP contribution in [-0.4, -0.2) is 16.4 Å². The summed E-state index contributed by atoms with van der Waals surface area (Å²) in [5.41, 5.74) is 7.54. The zero-order valence-corrected chi connectivity index (χ0v) is 12.1. The second kappa shape index (κ2) is 5.82. The molecule has 1 saturated carbocycles. The molecule has 1 heterocycles. The van der Waals surface area contributed by atoms with Gasteiger partial charge in [0.05, 0.1) is 11.1 Å². The smallest absolute Gasteiger partial charge is 0.240 e. The highest BCUT2D eigenvalue weighted by Crippen LogP contribution is 2.26. The van der Waals surface area contributed by atoms with Crippen LogP contribution >= 0.6 is 0 Å². The van der Waals surface area contributed by atoms with Gasteiger partial charge in [0.25, 0.3) is 0 Å². The molecule has 1 aromatic heterocycles. The van der Waals surface area contributed by atoms with Gasteiger partial charge in [0, 0.05) is 18.1 Å². The molecular weight excluding hydrogens is 262 g/mol. The molecule has 3 rings (SSSR count). The predicted molar refractivity (Wildman–Crippen MR) is 83.6 cm³/mol. The van der Waals surface area contributed by atoms with Crippen LogP contribution in [0.4, 0.5) is 0 Å². The summed E-state index contributed by atoms with van der Waals surface area (Å²) < 4.78 is 0. The largest absolute Gasteiger partial charge is 0.350 e. The Labute approximate surface area is 124 Å². The first kappa shape index (κ1) is 14.0. The van der Waals surface area contributed by atoms with E-state index in [-0.39, 0.29) is 5.91 Å². The fourth-order valence-corrected chi connectivity index (χ4v) is 3.07. The van der Waals surface area contributed by atoms with E-state index in [0.717, 1.165) is 42.1 Å². The lowest BCUT2D eigenvalue weighted by Gasteiger charge is -2.31. The third-order valence-corrected chi connectivity index (χ3v) is 4.35. The number of carbonyl (C=O) groups is 1. The van der Waals surface area contributed by atoms with E-state index in [4.69, 9.17) is 5.73 Å². The number of amides is 1. The van der Waals surface area contributed by atoms with Crippen molar-refractivity contribution in [3.05, 3.63) is 42.1 Å². The number of aromatic nitrogens is 1. The first-order chi connectivity index (χ1) is 10.2. The standard InChI is InChI=1S/C17H21N3O/c18-17(9-2-1-3-10-17)16(21)20-12-14-7-4-6-13-8-5-11-19-15(13)14/h4-8,11H,1-3,9-10,12,18H2,(H,20,21). The van der Waals surface area contributed by atoms with Crippen LogP contribution < -0.4 is 11.1 Å². The number of rotatable bonds is 3. The van der Waals surface area contributed by atoms with E-state index in [9.17, 15) is 4.79 Å². The Kier molecular flexibility index (Phi) is 3.88. The molecule has 1 amide bonds. The van der Waals surface area contributed by atoms with Crippen molar-refractivity contribution >= 4 is 16.8 Å². The Morgan fingerprint density at radius 2 is 1.95 bits per heavy atom. The minimum atomic E-state index is -0.684. The SMILES string of the molecule is NC1(C(=O)NCc2cccc3cccnc23)CCCCC1. The first-order valence-corrected chi connectivity index (χ1v) is 7.59. The first-order valence-electron chi connectivity index (χ1n) is 7.59. The summed E-state index contributed by atoms with van der Waals surface area (Å²) in [6.45, 7) is 0.478. The van der Waals surface area contributed by atoms with E-state index >= 15 is 0 Å². The van der Waals surface area contributed by atoms with E-state index in [1.54, 1.807) is 6.20 Å². The van der Waals surface area contributed by atoms with E-state index < -0.39 is 5.54 Å². The lowest BCUT2D eigenvalue weighted by Crippen LogP contribution is -2.54. The molecule has 0 aliphatic heterocycles. The lowest BCUT2D eigenvalue weighted by molar-refractivity contribution is -0.127. The molecule has 0 saturated heterocycles. The zero-order chi connectivity index (χ0) is 14.7. The van der Waals surface area contributed by atoms with Crippen LogP contribution in [-0.2, 0) is 11.3 Å². The third kappa shape index (κ3) is 2.90. The molecule has 1 fully saturated rings. The number of hydrogen-bond donors (Lipinski definition) is 2. The van der Waals surface area contributed by atoms with Crippen LogP contribution in [0.5, 0.6) is 0 Å². The summed E-state index contributed by atoms with van der Waals surface area (Å²) in [4.78, 5) is 16.8. The summed E-state index contributed by atoms with van der Waals surface area (Å²) >= 11 is 0. The number of nitrogens with one attached hydrogen (secondary N) is 1. The number of pyridine rings is 1. The molecule has 1 aromatic carbocycles.